The monoisotopic (exact) mass is 1070 g/mol. The quantitative estimate of drug-likeness (QED) is 0.0662. The van der Waals surface area contributed by atoms with E-state index in [0.29, 0.717) is 46.5 Å². The van der Waals surface area contributed by atoms with Crippen molar-refractivity contribution in [1.82, 2.24) is 14.9 Å². The number of aliphatic hydroxyl groups excluding tert-OH is 1. The van der Waals surface area contributed by atoms with Crippen LogP contribution >= 0.6 is 33.9 Å². The number of aromatic nitrogens is 2. The minimum absolute atomic E-state index is 0.0108. The summed E-state index contributed by atoms with van der Waals surface area (Å²) >= 11 is 3.10. The summed E-state index contributed by atoms with van der Waals surface area (Å²) in [6.45, 7) is 14.8. The highest BCUT2D eigenvalue weighted by molar-refractivity contribution is 14.1. The van der Waals surface area contributed by atoms with Crippen molar-refractivity contribution in [2.75, 3.05) is 19.4 Å². The van der Waals surface area contributed by atoms with Crippen molar-refractivity contribution in [2.45, 2.75) is 166 Å². The average Bonchev–Trinajstić information content (AvgIpc) is 3.74. The van der Waals surface area contributed by atoms with Gasteiger partial charge in [0, 0.05) is 35.4 Å². The molecule has 17 nitrogen and oxygen atoms in total. The topological polar surface area (TPSA) is 237 Å². The number of carbonyl (C=O) groups excluding carboxylic acids is 4. The summed E-state index contributed by atoms with van der Waals surface area (Å²) < 4.78 is 34.4. The fraction of sp³-hybridized carbons (Fsp3) is 0.702. The van der Waals surface area contributed by atoms with Gasteiger partial charge in [0.05, 0.1) is 29.7 Å². The number of rotatable bonds is 10. The molecule has 5 rings (SSSR count). The number of likely N-dealkylation sites (N-methyl/N-ethyl adjacent to an activating group) is 1. The second-order valence-corrected chi connectivity index (χ2v) is 21.5. The lowest BCUT2D eigenvalue weighted by atomic mass is 9.66. The molecule has 2 aromatic rings. The summed E-state index contributed by atoms with van der Waals surface area (Å²) in [5, 5.41) is 34.0. The highest BCUT2D eigenvalue weighted by Crippen LogP contribution is 2.47. The molecule has 2 amide bonds. The van der Waals surface area contributed by atoms with Crippen molar-refractivity contribution in [1.29, 1.82) is 0 Å². The van der Waals surface area contributed by atoms with Gasteiger partial charge in [0.1, 0.15) is 28.2 Å². The molecule has 20 heteroatoms. The molecule has 2 aliphatic heterocycles. The Hall–Kier alpha value is -3.38. The molecule has 2 saturated heterocycles. The second-order valence-electron chi connectivity index (χ2n) is 19.5. The van der Waals surface area contributed by atoms with Gasteiger partial charge in [0.2, 0.25) is 11.8 Å². The maximum atomic E-state index is 16.9. The number of cyclic esters (lactones) is 1. The van der Waals surface area contributed by atoms with E-state index in [-0.39, 0.29) is 62.7 Å². The third kappa shape index (κ3) is 12.9. The van der Waals surface area contributed by atoms with Crippen LogP contribution in [0, 0.1) is 29.1 Å². The van der Waals surface area contributed by atoms with Crippen molar-refractivity contribution >= 4 is 74.7 Å². The number of anilines is 1. The van der Waals surface area contributed by atoms with Crippen LogP contribution in [0.15, 0.2) is 33.7 Å². The summed E-state index contributed by atoms with van der Waals surface area (Å²) in [7, 11) is 3.68. The Bertz CT molecular complexity index is 2150. The number of hydrogen-bond donors (Lipinski definition) is 4. The van der Waals surface area contributed by atoms with Gasteiger partial charge in [0.25, 0.3) is 5.67 Å². The summed E-state index contributed by atoms with van der Waals surface area (Å²) in [5.41, 5.74) is 1.88. The molecule has 372 valence electrons. The van der Waals surface area contributed by atoms with Crippen LogP contribution in [0.3, 0.4) is 0 Å². The molecule has 1 saturated carbocycles. The van der Waals surface area contributed by atoms with E-state index in [4.69, 9.17) is 29.8 Å². The summed E-state index contributed by atoms with van der Waals surface area (Å²) in [5.74, 6) is -6.05. The summed E-state index contributed by atoms with van der Waals surface area (Å²) in [6, 6.07) is 4.10. The number of alkyl halides is 2. The SMILES string of the molecule is CCC(=O)/N=C1\[C@H](C)C[C@@]2(C)CC/C(=N/OCc3csc(-c4cccc(NC(=O)[C@H](C)N)n4)n3)CC[C@H]([C@H]1C)[C@](C)(O)[C@@H](I)OC(=O)[C@@](C)(F)C(=O)[C@H](C)[C@H]2O[C@@H]1O[C@H](C)C[C@H](N(C)C)[C@H]1O. The van der Waals surface area contributed by atoms with Crippen LogP contribution in [0.2, 0.25) is 0 Å². The lowest BCUT2D eigenvalue weighted by Gasteiger charge is -2.48. The van der Waals surface area contributed by atoms with Crippen LogP contribution in [0.25, 0.3) is 10.7 Å². The van der Waals surface area contributed by atoms with E-state index in [0.717, 1.165) is 6.92 Å². The molecule has 2 aromatic heterocycles. The lowest BCUT2D eigenvalue weighted by molar-refractivity contribution is -0.287. The van der Waals surface area contributed by atoms with E-state index in [1.807, 2.05) is 52.1 Å². The van der Waals surface area contributed by atoms with Crippen LogP contribution < -0.4 is 11.1 Å². The molecule has 0 radical (unpaired) electrons. The van der Waals surface area contributed by atoms with Gasteiger partial charge in [-0.05, 0) is 132 Å². The van der Waals surface area contributed by atoms with Crippen molar-refractivity contribution in [3.05, 3.63) is 29.3 Å². The number of esters is 1. The van der Waals surface area contributed by atoms with Gasteiger partial charge in [-0.1, -0.05) is 45.8 Å². The number of aliphatic imine (C=N–C) groups is 1. The van der Waals surface area contributed by atoms with Gasteiger partial charge in [0.15, 0.2) is 22.8 Å². The molecule has 14 atom stereocenters. The maximum absolute atomic E-state index is 16.9. The van der Waals surface area contributed by atoms with E-state index in [1.165, 1.54) is 25.2 Å². The van der Waals surface area contributed by atoms with Gasteiger partial charge in [-0.2, -0.15) is 0 Å². The van der Waals surface area contributed by atoms with Crippen molar-refractivity contribution in [3.8, 4) is 10.7 Å². The third-order valence-corrected chi connectivity index (χ3v) is 16.0. The lowest BCUT2D eigenvalue weighted by Crippen LogP contribution is -2.58. The van der Waals surface area contributed by atoms with E-state index >= 15 is 4.39 Å². The molecule has 67 heavy (non-hydrogen) atoms. The number of amides is 2. The van der Waals surface area contributed by atoms with Gasteiger partial charge in [-0.3, -0.25) is 14.4 Å². The predicted molar refractivity (Wildman–Crippen MR) is 261 cm³/mol. The fourth-order valence-electron chi connectivity index (χ4n) is 9.66. The number of oxime groups is 1. The molecule has 0 aromatic carbocycles. The van der Waals surface area contributed by atoms with Crippen molar-refractivity contribution in [2.24, 2.45) is 45.0 Å². The number of Topliss-reactive ketones (excluding diaryl/α,β-unsaturated/α-hetero) is 1. The standard InChI is InChI=1S/C47H69FIN7O10S/c1-12-35(57)54-36-24(2)21-45(7)19-18-29(55-63-22-30-23-67-41(51-30)32-14-13-15-34(52-32)53-40(60)28(6)50)16-17-31(26(36)4)47(9,62)43(49)66-44(61)46(8,48)38(59)27(5)39(45)65-42-37(58)33(56(10)11)20-25(3)64-42/h13-15,23-28,31,33,37,39,42-43,58,62H,12,16-22,50H2,1-11H3,(H,52,53,60)/b54-36+,55-29+/t24-,25-,26-,27+,28+,31-,33+,37-,39-,42+,43+,45-,46+,47+/m1/s1. The molecular formula is C47H69FIN7O10S. The number of carbonyl (C=O) groups is 4. The normalized spacial score (nSPS) is 36.4. The molecule has 5 N–H and O–H groups in total. The molecule has 0 unspecified atom stereocenters. The number of thiazole rings is 1. The van der Waals surface area contributed by atoms with Crippen LogP contribution in [0.1, 0.15) is 113 Å². The first-order valence-electron chi connectivity index (χ1n) is 23.0. The predicted octanol–water partition coefficient (Wildman–Crippen LogP) is 6.41. The van der Waals surface area contributed by atoms with Gasteiger partial charge in [-0.15, -0.1) is 11.3 Å². The zero-order valence-corrected chi connectivity index (χ0v) is 43.4. The Morgan fingerprint density at radius 3 is 2.49 bits per heavy atom. The Balaban J connectivity index is 1.61. The minimum Gasteiger partial charge on any atom is -0.446 e. The largest absolute Gasteiger partial charge is 0.446 e. The van der Waals surface area contributed by atoms with E-state index in [1.54, 1.807) is 54.6 Å². The van der Waals surface area contributed by atoms with Crippen LogP contribution in [-0.4, -0.2) is 126 Å². The first-order chi connectivity index (χ1) is 31.3. The molecule has 1 aliphatic carbocycles. The number of nitrogens with two attached hydrogens (primary N) is 1. The minimum atomic E-state index is -3.15. The Labute approximate surface area is 410 Å². The number of pyridine rings is 1. The van der Waals surface area contributed by atoms with Crippen molar-refractivity contribution < 1.29 is 52.8 Å². The molecule has 0 spiro atoms. The maximum Gasteiger partial charge on any atom is 0.352 e. The van der Waals surface area contributed by atoms with Crippen LogP contribution in [-0.2, 0) is 44.8 Å². The van der Waals surface area contributed by atoms with Crippen molar-refractivity contribution in [3.63, 3.8) is 0 Å². The van der Waals surface area contributed by atoms with E-state index < -0.39 is 80.8 Å². The van der Waals surface area contributed by atoms with Gasteiger partial charge in [-0.25, -0.2) is 24.1 Å². The number of ether oxygens (including phenoxy) is 3. The second kappa shape index (κ2) is 22.6. The summed E-state index contributed by atoms with van der Waals surface area (Å²) in [4.78, 5) is 75.7. The number of aliphatic hydroxyl groups is 2. The first-order valence-corrected chi connectivity index (χ1v) is 25.2. The van der Waals surface area contributed by atoms with E-state index in [9.17, 15) is 29.4 Å². The Morgan fingerprint density at radius 2 is 1.84 bits per heavy atom. The molecule has 3 fully saturated rings. The smallest absolute Gasteiger partial charge is 0.352 e. The number of hydrogen-bond acceptors (Lipinski definition) is 16. The number of fused-ring (bicyclic) bond motifs is 5. The van der Waals surface area contributed by atoms with E-state index in [2.05, 4.69) is 20.4 Å². The van der Waals surface area contributed by atoms with Gasteiger partial charge < -0.3 is 45.2 Å². The Morgan fingerprint density at radius 1 is 1.13 bits per heavy atom. The highest BCUT2D eigenvalue weighted by Gasteiger charge is 2.56. The fourth-order valence-corrected chi connectivity index (χ4v) is 11.1. The Kier molecular flexibility index (Phi) is 18.4. The number of nitrogens with zero attached hydrogens (tertiary/aromatic N) is 5. The summed E-state index contributed by atoms with van der Waals surface area (Å²) in [6.07, 6.45) is -1.93. The highest BCUT2D eigenvalue weighted by atomic mass is 127. The molecular weight excluding hydrogens is 1000 g/mol. The number of ketones is 1. The third-order valence-electron chi connectivity index (χ3n) is 13.6. The number of halogens is 2. The molecule has 3 aliphatic rings. The number of nitrogens with one attached hydrogen (secondary N) is 1. The zero-order chi connectivity index (χ0) is 49.8. The molecule has 4 heterocycles. The van der Waals surface area contributed by atoms with Gasteiger partial charge >= 0.3 is 5.97 Å². The van der Waals surface area contributed by atoms with Crippen LogP contribution in [0.4, 0.5) is 10.2 Å². The average molecular weight is 1070 g/mol. The molecule has 2 bridgehead atoms. The zero-order valence-electron chi connectivity index (χ0n) is 40.5. The first kappa shape index (κ1) is 54.6. The van der Waals surface area contributed by atoms with Crippen LogP contribution in [0.5, 0.6) is 0 Å².